The molecule has 0 aliphatic rings. The normalized spacial score (nSPS) is 11.9. The van der Waals surface area contributed by atoms with Crippen LogP contribution in [0.3, 0.4) is 0 Å². The number of anilines is 1. The van der Waals surface area contributed by atoms with Gasteiger partial charge in [-0.05, 0) is 19.1 Å². The maximum absolute atomic E-state index is 12.0. The second kappa shape index (κ2) is 6.21. The van der Waals surface area contributed by atoms with Gasteiger partial charge in [-0.25, -0.2) is 0 Å². The quantitative estimate of drug-likeness (QED) is 0.800. The van der Waals surface area contributed by atoms with Crippen LogP contribution >= 0.6 is 0 Å². The van der Waals surface area contributed by atoms with Crippen molar-refractivity contribution in [1.82, 2.24) is 0 Å². The van der Waals surface area contributed by atoms with Crippen molar-refractivity contribution >= 4 is 11.6 Å². The first-order valence-electron chi connectivity index (χ1n) is 6.41. The molecule has 2 aromatic carbocycles. The van der Waals surface area contributed by atoms with Crippen molar-refractivity contribution in [3.63, 3.8) is 0 Å². The van der Waals surface area contributed by atoms with E-state index in [1.165, 1.54) is 0 Å². The van der Waals surface area contributed by atoms with Crippen LogP contribution in [0.15, 0.2) is 48.5 Å². The smallest absolute Gasteiger partial charge is 0.228 e. The van der Waals surface area contributed by atoms with Crippen molar-refractivity contribution in [3.05, 3.63) is 59.7 Å². The molecule has 0 aliphatic carbocycles. The zero-order chi connectivity index (χ0) is 14.5. The highest BCUT2D eigenvalue weighted by molar-refractivity contribution is 5.93. The zero-order valence-electron chi connectivity index (χ0n) is 11.2. The number of carbonyl (C=O) groups is 1. The lowest BCUT2D eigenvalue weighted by atomic mass is 10.1. The minimum atomic E-state index is -0.656. The maximum atomic E-state index is 12.0. The minimum Gasteiger partial charge on any atom is -0.508 e. The highest BCUT2D eigenvalue weighted by atomic mass is 16.3. The lowest BCUT2D eigenvalue weighted by Gasteiger charge is -2.13. The number of aliphatic hydroxyl groups excluding tert-OH is 1. The van der Waals surface area contributed by atoms with Gasteiger partial charge >= 0.3 is 0 Å². The Morgan fingerprint density at radius 1 is 1.15 bits per heavy atom. The fourth-order valence-electron chi connectivity index (χ4n) is 2.00. The molecule has 2 aromatic rings. The van der Waals surface area contributed by atoms with E-state index in [0.29, 0.717) is 16.8 Å². The van der Waals surface area contributed by atoms with Gasteiger partial charge in [0.05, 0.1) is 12.5 Å². The third kappa shape index (κ3) is 3.36. The van der Waals surface area contributed by atoms with Crippen LogP contribution in [-0.4, -0.2) is 16.1 Å². The molecule has 0 spiro atoms. The summed E-state index contributed by atoms with van der Waals surface area (Å²) in [5.41, 5.74) is 1.82. The van der Waals surface area contributed by atoms with E-state index in [1.807, 2.05) is 0 Å². The molecule has 0 fully saturated rings. The molecule has 0 bridgehead atoms. The predicted octanol–water partition coefficient (Wildman–Crippen LogP) is 2.63. The number of hydrogen-bond donors (Lipinski definition) is 3. The number of amides is 1. The summed E-state index contributed by atoms with van der Waals surface area (Å²) in [5.74, 6) is -0.133. The summed E-state index contributed by atoms with van der Waals surface area (Å²) < 4.78 is 0. The second-order valence-corrected chi connectivity index (χ2v) is 4.62. The molecule has 4 nitrogen and oxygen atoms in total. The Labute approximate surface area is 117 Å². The van der Waals surface area contributed by atoms with Crippen LogP contribution < -0.4 is 5.32 Å². The number of hydrogen-bond acceptors (Lipinski definition) is 3. The number of aromatic hydroxyl groups is 1. The molecule has 104 valence electrons. The number of para-hydroxylation sites is 2. The van der Waals surface area contributed by atoms with Gasteiger partial charge in [-0.15, -0.1) is 0 Å². The number of benzene rings is 2. The number of phenols is 1. The fourth-order valence-corrected chi connectivity index (χ4v) is 2.00. The van der Waals surface area contributed by atoms with Crippen LogP contribution in [0.5, 0.6) is 5.75 Å². The Morgan fingerprint density at radius 3 is 2.50 bits per heavy atom. The molecule has 1 unspecified atom stereocenters. The highest BCUT2D eigenvalue weighted by Crippen LogP contribution is 2.23. The summed E-state index contributed by atoms with van der Waals surface area (Å²) in [7, 11) is 0. The van der Waals surface area contributed by atoms with Crippen molar-refractivity contribution in [1.29, 1.82) is 0 Å². The third-order valence-electron chi connectivity index (χ3n) is 3.03. The van der Waals surface area contributed by atoms with Crippen LogP contribution in [0.4, 0.5) is 5.69 Å². The summed E-state index contributed by atoms with van der Waals surface area (Å²) in [6.45, 7) is 1.65. The Balaban J connectivity index is 2.11. The Kier molecular flexibility index (Phi) is 4.38. The van der Waals surface area contributed by atoms with E-state index >= 15 is 0 Å². The molecule has 0 aliphatic heterocycles. The lowest BCUT2D eigenvalue weighted by molar-refractivity contribution is -0.115. The summed E-state index contributed by atoms with van der Waals surface area (Å²) in [6, 6.07) is 13.8. The SMILES string of the molecule is CC(O)c1ccccc1NC(=O)Cc1ccccc1O. The van der Waals surface area contributed by atoms with Gasteiger partial charge in [0, 0.05) is 16.8 Å². The number of nitrogens with one attached hydrogen (secondary N) is 1. The minimum absolute atomic E-state index is 0.0841. The fraction of sp³-hybridized carbons (Fsp3) is 0.188. The molecule has 1 amide bonds. The van der Waals surface area contributed by atoms with Gasteiger partial charge in [-0.3, -0.25) is 4.79 Å². The summed E-state index contributed by atoms with van der Waals surface area (Å²) in [6.07, 6.45) is -0.572. The van der Waals surface area contributed by atoms with Crippen molar-refractivity contribution in [3.8, 4) is 5.75 Å². The predicted molar refractivity (Wildman–Crippen MR) is 77.5 cm³/mol. The second-order valence-electron chi connectivity index (χ2n) is 4.62. The van der Waals surface area contributed by atoms with Crippen molar-refractivity contribution in [2.45, 2.75) is 19.4 Å². The zero-order valence-corrected chi connectivity index (χ0v) is 11.2. The first kappa shape index (κ1) is 14.1. The molecule has 2 rings (SSSR count). The Hall–Kier alpha value is -2.33. The maximum Gasteiger partial charge on any atom is 0.228 e. The molecule has 20 heavy (non-hydrogen) atoms. The molecule has 4 heteroatoms. The molecule has 0 heterocycles. The van der Waals surface area contributed by atoms with Gasteiger partial charge in [0.2, 0.25) is 5.91 Å². The van der Waals surface area contributed by atoms with Gasteiger partial charge < -0.3 is 15.5 Å². The average molecular weight is 271 g/mol. The molecule has 1 atom stereocenters. The molecule has 3 N–H and O–H groups in total. The average Bonchev–Trinajstić information content (AvgIpc) is 2.41. The summed E-state index contributed by atoms with van der Waals surface area (Å²) in [5, 5.41) is 22.1. The van der Waals surface area contributed by atoms with E-state index < -0.39 is 6.10 Å². The van der Waals surface area contributed by atoms with Crippen LogP contribution in [0.25, 0.3) is 0 Å². The van der Waals surface area contributed by atoms with Gasteiger partial charge in [0.1, 0.15) is 5.75 Å². The van der Waals surface area contributed by atoms with Crippen LogP contribution in [0.2, 0.25) is 0 Å². The van der Waals surface area contributed by atoms with Gasteiger partial charge in [0.15, 0.2) is 0 Å². The summed E-state index contributed by atoms with van der Waals surface area (Å²) >= 11 is 0. The number of aliphatic hydroxyl groups is 1. The number of rotatable bonds is 4. The third-order valence-corrected chi connectivity index (χ3v) is 3.03. The van der Waals surface area contributed by atoms with E-state index in [1.54, 1.807) is 55.5 Å². The van der Waals surface area contributed by atoms with Crippen LogP contribution in [0.1, 0.15) is 24.2 Å². The van der Waals surface area contributed by atoms with E-state index in [2.05, 4.69) is 5.32 Å². The first-order valence-corrected chi connectivity index (χ1v) is 6.41. The molecular formula is C16H17NO3. The molecule has 0 radical (unpaired) electrons. The van der Waals surface area contributed by atoms with Gasteiger partial charge in [0.25, 0.3) is 0 Å². The van der Waals surface area contributed by atoms with Crippen molar-refractivity contribution in [2.75, 3.05) is 5.32 Å². The molecule has 0 aromatic heterocycles. The Morgan fingerprint density at radius 2 is 1.80 bits per heavy atom. The first-order chi connectivity index (χ1) is 9.58. The summed E-state index contributed by atoms with van der Waals surface area (Å²) in [4.78, 5) is 12.0. The molecule has 0 saturated heterocycles. The van der Waals surface area contributed by atoms with Gasteiger partial charge in [-0.2, -0.15) is 0 Å². The topological polar surface area (TPSA) is 69.6 Å². The monoisotopic (exact) mass is 271 g/mol. The Bertz CT molecular complexity index is 608. The number of phenolic OH excluding ortho intramolecular Hbond substituents is 1. The van der Waals surface area contributed by atoms with Crippen LogP contribution in [-0.2, 0) is 11.2 Å². The van der Waals surface area contributed by atoms with Crippen molar-refractivity contribution < 1.29 is 15.0 Å². The number of carbonyl (C=O) groups excluding carboxylic acids is 1. The van der Waals surface area contributed by atoms with E-state index in [9.17, 15) is 15.0 Å². The van der Waals surface area contributed by atoms with Gasteiger partial charge in [-0.1, -0.05) is 36.4 Å². The molecule has 0 saturated carbocycles. The van der Waals surface area contributed by atoms with E-state index in [4.69, 9.17) is 0 Å². The lowest BCUT2D eigenvalue weighted by Crippen LogP contribution is -2.16. The standard InChI is InChI=1S/C16H17NO3/c1-11(18)13-7-3-4-8-14(13)17-16(20)10-12-6-2-5-9-15(12)19/h2-9,11,18-19H,10H2,1H3,(H,17,20). The van der Waals surface area contributed by atoms with Crippen molar-refractivity contribution in [2.24, 2.45) is 0 Å². The molecular weight excluding hydrogens is 254 g/mol. The van der Waals surface area contributed by atoms with E-state index in [0.717, 1.165) is 0 Å². The highest BCUT2D eigenvalue weighted by Gasteiger charge is 2.11. The largest absolute Gasteiger partial charge is 0.508 e. The van der Waals surface area contributed by atoms with E-state index in [-0.39, 0.29) is 18.1 Å². The van der Waals surface area contributed by atoms with Crippen LogP contribution in [0, 0.1) is 0 Å².